The highest BCUT2D eigenvalue weighted by Gasteiger charge is 2.19. The Morgan fingerprint density at radius 2 is 2.64 bits per heavy atom. The van der Waals surface area contributed by atoms with E-state index in [1.165, 1.54) is 0 Å². The van der Waals surface area contributed by atoms with Gasteiger partial charge in [0.15, 0.2) is 0 Å². The quantitative estimate of drug-likeness (QED) is 0.823. The van der Waals surface area contributed by atoms with E-state index in [1.807, 2.05) is 5.38 Å². The molecule has 0 aromatic carbocycles. The van der Waals surface area contributed by atoms with E-state index in [9.17, 15) is 5.11 Å². The molecule has 78 valence electrons. The fraction of sp³-hybridized carbons (Fsp3) is 0.700. The Balaban J connectivity index is 1.75. The van der Waals surface area contributed by atoms with Gasteiger partial charge in [-0.25, -0.2) is 4.98 Å². The molecule has 3 nitrogen and oxygen atoms in total. The molecule has 4 heteroatoms. The highest BCUT2D eigenvalue weighted by atomic mass is 32.1. The fourth-order valence-corrected chi connectivity index (χ4v) is 2.48. The third-order valence-electron chi connectivity index (χ3n) is 2.52. The Morgan fingerprint density at radius 1 is 1.71 bits per heavy atom. The van der Waals surface area contributed by atoms with Gasteiger partial charge < -0.3 is 9.84 Å². The molecule has 0 aliphatic carbocycles. The second-order valence-electron chi connectivity index (χ2n) is 3.75. The number of hydrogen-bond donors (Lipinski definition) is 1. The average molecular weight is 213 g/mol. The van der Waals surface area contributed by atoms with Crippen LogP contribution in [-0.4, -0.2) is 29.4 Å². The summed E-state index contributed by atoms with van der Waals surface area (Å²) in [5.41, 5.74) is 0. The molecular formula is C10H15NO2S. The third-order valence-corrected chi connectivity index (χ3v) is 3.33. The topological polar surface area (TPSA) is 42.4 Å². The molecule has 0 saturated carbocycles. The molecule has 2 unspecified atom stereocenters. The molecule has 1 aromatic rings. The lowest BCUT2D eigenvalue weighted by Crippen LogP contribution is -2.16. The van der Waals surface area contributed by atoms with E-state index >= 15 is 0 Å². The summed E-state index contributed by atoms with van der Waals surface area (Å²) in [6, 6.07) is 0. The van der Waals surface area contributed by atoms with E-state index in [4.69, 9.17) is 4.74 Å². The normalized spacial score (nSPS) is 23.9. The summed E-state index contributed by atoms with van der Waals surface area (Å²) in [6.07, 6.45) is 4.15. The summed E-state index contributed by atoms with van der Waals surface area (Å²) in [5, 5.41) is 12.8. The summed E-state index contributed by atoms with van der Waals surface area (Å²) in [6.45, 7) is 1.67. The lowest BCUT2D eigenvalue weighted by Gasteiger charge is -2.12. The molecule has 0 amide bonds. The maximum atomic E-state index is 9.79. The van der Waals surface area contributed by atoms with E-state index in [2.05, 4.69) is 4.98 Å². The first-order chi connectivity index (χ1) is 6.84. The minimum absolute atomic E-state index is 0.257. The van der Waals surface area contributed by atoms with Crippen molar-refractivity contribution in [2.45, 2.75) is 25.4 Å². The van der Waals surface area contributed by atoms with E-state index in [0.717, 1.165) is 31.1 Å². The standard InChI is InChI=1S/C10H15NO2S/c12-9(5-8-1-3-13-7-8)6-10-11-2-4-14-10/h2,4,8-9,12H,1,3,5-7H2. The second kappa shape index (κ2) is 4.87. The molecule has 2 rings (SSSR count). The zero-order valence-corrected chi connectivity index (χ0v) is 8.87. The Labute approximate surface area is 87.7 Å². The fourth-order valence-electron chi connectivity index (χ4n) is 1.79. The van der Waals surface area contributed by atoms with Crippen LogP contribution in [0.15, 0.2) is 11.6 Å². The van der Waals surface area contributed by atoms with Crippen LogP contribution < -0.4 is 0 Å². The van der Waals surface area contributed by atoms with Crippen molar-refractivity contribution in [3.8, 4) is 0 Å². The molecule has 1 aromatic heterocycles. The van der Waals surface area contributed by atoms with Crippen molar-refractivity contribution in [1.29, 1.82) is 0 Å². The maximum absolute atomic E-state index is 9.79. The Kier molecular flexibility index (Phi) is 3.50. The van der Waals surface area contributed by atoms with E-state index in [0.29, 0.717) is 12.3 Å². The van der Waals surface area contributed by atoms with Gasteiger partial charge in [0.05, 0.1) is 11.1 Å². The Bertz CT molecular complexity index is 257. The van der Waals surface area contributed by atoms with Crippen LogP contribution in [0.25, 0.3) is 0 Å². The molecule has 1 saturated heterocycles. The number of aromatic nitrogens is 1. The van der Waals surface area contributed by atoms with Crippen molar-refractivity contribution in [3.63, 3.8) is 0 Å². The molecule has 1 aliphatic heterocycles. The van der Waals surface area contributed by atoms with Gasteiger partial charge in [0.25, 0.3) is 0 Å². The summed E-state index contributed by atoms with van der Waals surface area (Å²) in [4.78, 5) is 4.16. The van der Waals surface area contributed by atoms with E-state index in [-0.39, 0.29) is 6.10 Å². The minimum Gasteiger partial charge on any atom is -0.393 e. The molecule has 2 atom stereocenters. The molecule has 1 N–H and O–H groups in total. The zero-order chi connectivity index (χ0) is 9.80. The van der Waals surface area contributed by atoms with Gasteiger partial charge in [-0.15, -0.1) is 11.3 Å². The SMILES string of the molecule is OC(Cc1nccs1)CC1CCOC1. The van der Waals surface area contributed by atoms with Gasteiger partial charge in [0, 0.05) is 31.2 Å². The predicted molar refractivity (Wildman–Crippen MR) is 55.4 cm³/mol. The highest BCUT2D eigenvalue weighted by Crippen LogP contribution is 2.20. The van der Waals surface area contributed by atoms with Crippen molar-refractivity contribution < 1.29 is 9.84 Å². The van der Waals surface area contributed by atoms with E-state index in [1.54, 1.807) is 17.5 Å². The smallest absolute Gasteiger partial charge is 0.0950 e. The summed E-state index contributed by atoms with van der Waals surface area (Å²) < 4.78 is 5.27. The van der Waals surface area contributed by atoms with Gasteiger partial charge in [0.2, 0.25) is 0 Å². The van der Waals surface area contributed by atoms with Gasteiger partial charge in [-0.1, -0.05) is 0 Å². The lowest BCUT2D eigenvalue weighted by atomic mass is 9.99. The van der Waals surface area contributed by atoms with Crippen molar-refractivity contribution in [3.05, 3.63) is 16.6 Å². The Morgan fingerprint density at radius 3 is 3.29 bits per heavy atom. The number of rotatable bonds is 4. The molecule has 14 heavy (non-hydrogen) atoms. The van der Waals surface area contributed by atoms with Crippen LogP contribution in [0.5, 0.6) is 0 Å². The maximum Gasteiger partial charge on any atom is 0.0950 e. The number of aliphatic hydroxyl groups excluding tert-OH is 1. The van der Waals surface area contributed by atoms with Crippen LogP contribution in [0.1, 0.15) is 17.8 Å². The lowest BCUT2D eigenvalue weighted by molar-refractivity contribution is 0.128. The summed E-state index contributed by atoms with van der Waals surface area (Å²) in [7, 11) is 0. The number of thiazole rings is 1. The van der Waals surface area contributed by atoms with Crippen molar-refractivity contribution >= 4 is 11.3 Å². The highest BCUT2D eigenvalue weighted by molar-refractivity contribution is 7.09. The largest absolute Gasteiger partial charge is 0.393 e. The van der Waals surface area contributed by atoms with Gasteiger partial charge in [-0.3, -0.25) is 0 Å². The first kappa shape index (κ1) is 10.1. The van der Waals surface area contributed by atoms with Crippen molar-refractivity contribution in [2.75, 3.05) is 13.2 Å². The first-order valence-electron chi connectivity index (χ1n) is 4.99. The molecule has 2 heterocycles. The van der Waals surface area contributed by atoms with Gasteiger partial charge in [0.1, 0.15) is 0 Å². The van der Waals surface area contributed by atoms with Crippen LogP contribution in [0.2, 0.25) is 0 Å². The minimum atomic E-state index is -0.257. The second-order valence-corrected chi connectivity index (χ2v) is 4.73. The predicted octanol–water partition coefficient (Wildman–Crippen LogP) is 1.47. The van der Waals surface area contributed by atoms with Crippen LogP contribution >= 0.6 is 11.3 Å². The van der Waals surface area contributed by atoms with Crippen LogP contribution in [0.3, 0.4) is 0 Å². The zero-order valence-electron chi connectivity index (χ0n) is 8.06. The van der Waals surface area contributed by atoms with Gasteiger partial charge >= 0.3 is 0 Å². The molecule has 1 fully saturated rings. The first-order valence-corrected chi connectivity index (χ1v) is 5.86. The molecular weight excluding hydrogens is 198 g/mol. The summed E-state index contributed by atoms with van der Waals surface area (Å²) >= 11 is 1.61. The van der Waals surface area contributed by atoms with Crippen molar-refractivity contribution in [1.82, 2.24) is 4.98 Å². The number of nitrogens with zero attached hydrogens (tertiary/aromatic N) is 1. The summed E-state index contributed by atoms with van der Waals surface area (Å²) in [5.74, 6) is 0.546. The monoisotopic (exact) mass is 213 g/mol. The number of aliphatic hydroxyl groups is 1. The van der Waals surface area contributed by atoms with Crippen LogP contribution in [0, 0.1) is 5.92 Å². The van der Waals surface area contributed by atoms with Gasteiger partial charge in [-0.2, -0.15) is 0 Å². The average Bonchev–Trinajstić information content (AvgIpc) is 2.76. The van der Waals surface area contributed by atoms with E-state index < -0.39 is 0 Å². The number of hydrogen-bond acceptors (Lipinski definition) is 4. The van der Waals surface area contributed by atoms with Crippen LogP contribution in [-0.2, 0) is 11.2 Å². The Hall–Kier alpha value is -0.450. The van der Waals surface area contributed by atoms with Gasteiger partial charge in [-0.05, 0) is 18.8 Å². The number of ether oxygens (including phenoxy) is 1. The van der Waals surface area contributed by atoms with Crippen LogP contribution in [0.4, 0.5) is 0 Å². The molecule has 1 aliphatic rings. The van der Waals surface area contributed by atoms with Crippen molar-refractivity contribution in [2.24, 2.45) is 5.92 Å². The molecule has 0 spiro atoms. The molecule has 0 bridgehead atoms. The third kappa shape index (κ3) is 2.77. The molecule has 0 radical (unpaired) electrons.